The first kappa shape index (κ1) is 31.2. The average Bonchev–Trinajstić information content (AvgIpc) is 2.95. The van der Waals surface area contributed by atoms with Crippen LogP contribution in [-0.2, 0) is 11.6 Å². The largest absolute Gasteiger partial charge is 0.416 e. The summed E-state index contributed by atoms with van der Waals surface area (Å²) in [5.74, 6) is 0. The van der Waals surface area contributed by atoms with Crippen LogP contribution in [0.2, 0.25) is 10.0 Å². The van der Waals surface area contributed by atoms with Gasteiger partial charge in [0.05, 0.1) is 5.56 Å². The quantitative estimate of drug-likeness (QED) is 0.229. The Morgan fingerprint density at radius 1 is 0.878 bits per heavy atom. The minimum atomic E-state index is -4.48. The molecule has 0 aliphatic heterocycles. The number of unbranched alkanes of at least 4 members (excludes halogenated alkanes) is 4. The third-order valence-electron chi connectivity index (χ3n) is 8.25. The molecule has 0 saturated heterocycles. The van der Waals surface area contributed by atoms with E-state index in [0.717, 1.165) is 69.9 Å². The molecule has 3 nitrogen and oxygen atoms in total. The van der Waals surface area contributed by atoms with Gasteiger partial charge in [0.15, 0.2) is 0 Å². The lowest BCUT2D eigenvalue weighted by atomic mass is 9.64. The summed E-state index contributed by atoms with van der Waals surface area (Å²) in [5, 5.41) is 4.11. The van der Waals surface area contributed by atoms with Crippen molar-refractivity contribution in [1.82, 2.24) is 4.90 Å². The van der Waals surface area contributed by atoms with Crippen LogP contribution < -0.4 is 5.32 Å². The summed E-state index contributed by atoms with van der Waals surface area (Å²) < 4.78 is 39.8. The maximum atomic E-state index is 13.6. The lowest BCUT2D eigenvalue weighted by Crippen LogP contribution is -2.47. The Morgan fingerprint density at radius 2 is 1.44 bits per heavy atom. The number of hydrogen-bond donors (Lipinski definition) is 1. The molecule has 1 aliphatic carbocycles. The smallest absolute Gasteiger partial charge is 0.322 e. The van der Waals surface area contributed by atoms with Crippen LogP contribution in [0.25, 0.3) is 0 Å². The van der Waals surface area contributed by atoms with Gasteiger partial charge in [-0.1, -0.05) is 86.1 Å². The van der Waals surface area contributed by atoms with Crippen molar-refractivity contribution in [1.29, 1.82) is 0 Å². The van der Waals surface area contributed by atoms with Crippen molar-refractivity contribution in [3.63, 3.8) is 0 Å². The summed E-state index contributed by atoms with van der Waals surface area (Å²) in [4.78, 5) is 15.4. The van der Waals surface area contributed by atoms with Gasteiger partial charge in [-0.2, -0.15) is 13.2 Å². The summed E-state index contributed by atoms with van der Waals surface area (Å²) in [5.41, 5.74) is 1.45. The zero-order valence-corrected chi connectivity index (χ0v) is 24.8. The number of nitrogens with one attached hydrogen (secondary N) is 1. The van der Waals surface area contributed by atoms with Crippen LogP contribution in [0.5, 0.6) is 0 Å². The van der Waals surface area contributed by atoms with Gasteiger partial charge in [0.25, 0.3) is 0 Å². The predicted octanol–water partition coefficient (Wildman–Crippen LogP) is 10.7. The third-order valence-corrected chi connectivity index (χ3v) is 8.75. The molecule has 1 fully saturated rings. The summed E-state index contributed by atoms with van der Waals surface area (Å²) in [7, 11) is 0. The molecule has 4 rings (SSSR count). The van der Waals surface area contributed by atoms with Crippen molar-refractivity contribution in [3.05, 3.63) is 99.5 Å². The molecule has 0 unspecified atom stereocenters. The lowest BCUT2D eigenvalue weighted by molar-refractivity contribution is -0.137. The molecular weight excluding hydrogens is 568 g/mol. The van der Waals surface area contributed by atoms with Crippen molar-refractivity contribution in [2.24, 2.45) is 0 Å². The van der Waals surface area contributed by atoms with E-state index in [2.05, 4.69) is 36.5 Å². The average molecular weight is 606 g/mol. The molecule has 2 amide bonds. The van der Waals surface area contributed by atoms with Crippen LogP contribution in [0.1, 0.15) is 81.4 Å². The second kappa shape index (κ2) is 14.0. The third kappa shape index (κ3) is 7.98. The predicted molar refractivity (Wildman–Crippen MR) is 162 cm³/mol. The van der Waals surface area contributed by atoms with E-state index < -0.39 is 11.7 Å². The van der Waals surface area contributed by atoms with Gasteiger partial charge in [0, 0.05) is 33.7 Å². The second-order valence-electron chi connectivity index (χ2n) is 10.9. The topological polar surface area (TPSA) is 32.3 Å². The van der Waals surface area contributed by atoms with Gasteiger partial charge in [0.1, 0.15) is 0 Å². The van der Waals surface area contributed by atoms with Crippen molar-refractivity contribution in [3.8, 4) is 0 Å². The zero-order chi connectivity index (χ0) is 29.5. The molecule has 0 bridgehead atoms. The minimum Gasteiger partial charge on any atom is -0.322 e. The standard InChI is InChI=1S/C33H37Cl2F3N2O/c1-2-3-4-5-6-22-40(31(41)39-29-9-7-8-26(23-29)33(36,37)38)30-18-20-32(21-19-30,24-10-14-27(34)15-11-24)25-12-16-28(35)17-13-25/h7-17,23,30H,2-6,18-22H2,1H3,(H,39,41). The molecule has 41 heavy (non-hydrogen) atoms. The normalized spacial score (nSPS) is 15.5. The lowest BCUT2D eigenvalue weighted by Gasteiger charge is -2.44. The van der Waals surface area contributed by atoms with E-state index in [4.69, 9.17) is 23.2 Å². The van der Waals surface area contributed by atoms with E-state index in [0.29, 0.717) is 16.6 Å². The Labute approximate surface area is 251 Å². The van der Waals surface area contributed by atoms with E-state index in [9.17, 15) is 18.0 Å². The second-order valence-corrected chi connectivity index (χ2v) is 11.8. The summed E-state index contributed by atoms with van der Waals surface area (Å²) in [6.07, 6.45) is 3.89. The zero-order valence-electron chi connectivity index (χ0n) is 23.3. The molecular formula is C33H37Cl2F3N2O. The summed E-state index contributed by atoms with van der Waals surface area (Å²) in [6.45, 7) is 2.72. The van der Waals surface area contributed by atoms with Crippen molar-refractivity contribution in [2.75, 3.05) is 11.9 Å². The van der Waals surface area contributed by atoms with E-state index >= 15 is 0 Å². The molecule has 220 valence electrons. The molecule has 1 saturated carbocycles. The molecule has 1 aliphatic rings. The molecule has 1 N–H and O–H groups in total. The minimum absolute atomic E-state index is 0.0281. The molecule has 3 aromatic carbocycles. The highest BCUT2D eigenvalue weighted by atomic mass is 35.5. The maximum Gasteiger partial charge on any atom is 0.416 e. The van der Waals surface area contributed by atoms with E-state index in [-0.39, 0.29) is 23.2 Å². The fraction of sp³-hybridized carbons (Fsp3) is 0.424. The van der Waals surface area contributed by atoms with Crippen molar-refractivity contribution in [2.45, 2.75) is 82.3 Å². The van der Waals surface area contributed by atoms with Crippen LogP contribution in [0.4, 0.5) is 23.7 Å². The first-order chi connectivity index (χ1) is 19.6. The molecule has 8 heteroatoms. The number of nitrogens with zero attached hydrogens (tertiary/aromatic N) is 1. The Morgan fingerprint density at radius 3 is 1.98 bits per heavy atom. The van der Waals surface area contributed by atoms with Crippen LogP contribution in [0.3, 0.4) is 0 Å². The molecule has 0 atom stereocenters. The number of hydrogen-bond acceptors (Lipinski definition) is 1. The van der Waals surface area contributed by atoms with Gasteiger partial charge in [0.2, 0.25) is 0 Å². The van der Waals surface area contributed by atoms with Gasteiger partial charge in [-0.25, -0.2) is 4.79 Å². The SMILES string of the molecule is CCCCCCCN(C(=O)Nc1cccc(C(F)(F)F)c1)C1CCC(c2ccc(Cl)cc2)(c2ccc(Cl)cc2)CC1. The number of urea groups is 1. The molecule has 0 heterocycles. The highest BCUT2D eigenvalue weighted by Crippen LogP contribution is 2.46. The molecule has 0 radical (unpaired) electrons. The molecule has 0 aromatic heterocycles. The van der Waals surface area contributed by atoms with Gasteiger partial charge in [-0.05, 0) is 85.7 Å². The monoisotopic (exact) mass is 604 g/mol. The number of carbonyl (C=O) groups excluding carboxylic acids is 1. The summed E-state index contributed by atoms with van der Waals surface area (Å²) >= 11 is 12.4. The Bertz CT molecular complexity index is 1220. The number of alkyl halides is 3. The summed E-state index contributed by atoms with van der Waals surface area (Å²) in [6, 6.07) is 20.4. The van der Waals surface area contributed by atoms with Gasteiger partial charge < -0.3 is 10.2 Å². The van der Waals surface area contributed by atoms with Crippen molar-refractivity contribution < 1.29 is 18.0 Å². The van der Waals surface area contributed by atoms with Gasteiger partial charge >= 0.3 is 12.2 Å². The first-order valence-corrected chi connectivity index (χ1v) is 15.1. The Hall–Kier alpha value is -2.70. The van der Waals surface area contributed by atoms with Crippen molar-refractivity contribution >= 4 is 34.9 Å². The number of rotatable bonds is 10. The Balaban J connectivity index is 1.55. The van der Waals surface area contributed by atoms with E-state index in [1.807, 2.05) is 29.2 Å². The number of amides is 2. The fourth-order valence-corrected chi connectivity index (χ4v) is 6.25. The van der Waals surface area contributed by atoms with Gasteiger partial charge in [-0.3, -0.25) is 0 Å². The van der Waals surface area contributed by atoms with Crippen LogP contribution in [-0.4, -0.2) is 23.5 Å². The number of benzene rings is 3. The highest BCUT2D eigenvalue weighted by molar-refractivity contribution is 6.30. The van der Waals surface area contributed by atoms with E-state index in [1.165, 1.54) is 23.3 Å². The first-order valence-electron chi connectivity index (χ1n) is 14.4. The van der Waals surface area contributed by atoms with Crippen LogP contribution in [0, 0.1) is 0 Å². The van der Waals surface area contributed by atoms with Crippen LogP contribution >= 0.6 is 23.2 Å². The number of halogens is 5. The Kier molecular flexibility index (Phi) is 10.6. The fourth-order valence-electron chi connectivity index (χ4n) is 5.99. The number of anilines is 1. The highest BCUT2D eigenvalue weighted by Gasteiger charge is 2.41. The number of carbonyl (C=O) groups is 1. The molecule has 0 spiro atoms. The molecule has 3 aromatic rings. The van der Waals surface area contributed by atoms with Crippen LogP contribution in [0.15, 0.2) is 72.8 Å². The van der Waals surface area contributed by atoms with Gasteiger partial charge in [-0.15, -0.1) is 0 Å². The van der Waals surface area contributed by atoms with E-state index in [1.54, 1.807) is 0 Å². The maximum absolute atomic E-state index is 13.6.